The normalized spacial score (nSPS) is 12.0. The zero-order chi connectivity index (χ0) is 21.9. The van der Waals surface area contributed by atoms with E-state index < -0.39 is 18.0 Å². The predicted molar refractivity (Wildman–Crippen MR) is 113 cm³/mol. The minimum absolute atomic E-state index is 0.176. The van der Waals surface area contributed by atoms with Crippen LogP contribution in [0.5, 0.6) is 5.75 Å². The van der Waals surface area contributed by atoms with Crippen molar-refractivity contribution in [3.8, 4) is 5.75 Å². The molecule has 0 spiro atoms. The van der Waals surface area contributed by atoms with Gasteiger partial charge in [-0.2, -0.15) is 5.10 Å². The van der Waals surface area contributed by atoms with Crippen molar-refractivity contribution >= 4 is 29.2 Å². The number of hydrogen-bond donors (Lipinski definition) is 1. The van der Waals surface area contributed by atoms with Gasteiger partial charge in [-0.3, -0.25) is 9.48 Å². The summed E-state index contributed by atoms with van der Waals surface area (Å²) in [5.41, 5.74) is 3.89. The van der Waals surface area contributed by atoms with Crippen LogP contribution in [-0.4, -0.2) is 34.4 Å². The molecule has 1 aromatic heterocycles. The maximum Gasteiger partial charge on any atom is 0.344 e. The lowest BCUT2D eigenvalue weighted by Gasteiger charge is -2.17. The molecule has 8 heteroatoms. The first-order valence-electron chi connectivity index (χ1n) is 9.44. The summed E-state index contributed by atoms with van der Waals surface area (Å²) < 4.78 is 12.6. The average molecular weight is 422 g/mol. The van der Waals surface area contributed by atoms with Gasteiger partial charge in [0, 0.05) is 12.1 Å². The molecule has 1 N–H and O–H groups in total. The number of nitrogens with zero attached hydrogens (tertiary/aromatic N) is 2. The lowest BCUT2D eigenvalue weighted by molar-refractivity contribution is -0.155. The molecule has 0 unspecified atom stereocenters. The molecule has 0 aliphatic carbocycles. The Morgan fingerprint density at radius 1 is 1.21 bits per heavy atom. The molecule has 7 nitrogen and oxygen atoms in total. The number of esters is 1. The zero-order valence-electron chi connectivity index (χ0n) is 17.9. The average Bonchev–Trinajstić information content (AvgIpc) is 2.88. The van der Waals surface area contributed by atoms with Crippen molar-refractivity contribution in [2.75, 3.05) is 11.9 Å². The Balaban J connectivity index is 1.97. The maximum absolute atomic E-state index is 12.4. The highest BCUT2D eigenvalue weighted by Gasteiger charge is 2.21. The summed E-state index contributed by atoms with van der Waals surface area (Å²) in [6.07, 6.45) is -0.971. The van der Waals surface area contributed by atoms with Crippen molar-refractivity contribution in [1.29, 1.82) is 0 Å². The van der Waals surface area contributed by atoms with Crippen LogP contribution in [0.4, 0.5) is 5.69 Å². The summed E-state index contributed by atoms with van der Waals surface area (Å²) in [6, 6.07) is 3.64. The van der Waals surface area contributed by atoms with E-state index in [1.807, 2.05) is 33.8 Å². The van der Waals surface area contributed by atoms with Crippen LogP contribution < -0.4 is 10.1 Å². The number of benzene rings is 1. The monoisotopic (exact) mass is 421 g/mol. The van der Waals surface area contributed by atoms with Crippen LogP contribution in [0, 0.1) is 20.8 Å². The minimum atomic E-state index is -0.971. The highest BCUT2D eigenvalue weighted by atomic mass is 35.5. The zero-order valence-corrected chi connectivity index (χ0v) is 18.7. The second kappa shape index (κ2) is 9.31. The Morgan fingerprint density at radius 3 is 2.41 bits per heavy atom. The molecule has 0 bridgehead atoms. The van der Waals surface area contributed by atoms with Crippen molar-refractivity contribution < 1.29 is 19.1 Å². The van der Waals surface area contributed by atoms with Crippen LogP contribution in [0.25, 0.3) is 0 Å². The second-order valence-corrected chi connectivity index (χ2v) is 7.78. The Bertz CT molecular complexity index is 921. The lowest BCUT2D eigenvalue weighted by atomic mass is 10.0. The van der Waals surface area contributed by atoms with Gasteiger partial charge in [0.15, 0.2) is 12.7 Å². The third-order valence-corrected chi connectivity index (χ3v) is 5.10. The molecule has 2 aromatic rings. The number of nitrogens with one attached hydrogen (secondary N) is 1. The fraction of sp³-hybridized carbons (Fsp3) is 0.476. The van der Waals surface area contributed by atoms with Gasteiger partial charge in [0.05, 0.1) is 17.1 Å². The molecule has 0 fully saturated rings. The first-order chi connectivity index (χ1) is 13.5. The molecular formula is C21H28ClN3O4. The van der Waals surface area contributed by atoms with Crippen LogP contribution in [-0.2, 0) is 21.4 Å². The molecule has 1 aromatic carbocycles. The van der Waals surface area contributed by atoms with Crippen molar-refractivity contribution in [3.63, 3.8) is 0 Å². The Hall–Kier alpha value is -2.54. The number of ether oxygens (including phenoxy) is 2. The van der Waals surface area contributed by atoms with Gasteiger partial charge in [0.1, 0.15) is 5.75 Å². The minimum Gasteiger partial charge on any atom is -0.482 e. The number of rotatable bonds is 7. The van der Waals surface area contributed by atoms with Gasteiger partial charge in [0.25, 0.3) is 5.91 Å². The molecule has 1 heterocycles. The quantitative estimate of drug-likeness (QED) is 0.681. The van der Waals surface area contributed by atoms with E-state index in [4.69, 9.17) is 21.1 Å². The standard InChI is InChI=1S/C21H28ClN3O4/c1-11(2)16-9-17(22)12(3)8-18(16)28-10-19(26)29-15(6)21(27)23-20-13(4)24-25(7)14(20)5/h8-9,11,15H,10H2,1-7H3,(H,23,27)/t15-/m1/s1. The Kier molecular flexibility index (Phi) is 7.30. The van der Waals surface area contributed by atoms with Crippen molar-refractivity contribution in [2.45, 2.75) is 53.6 Å². The van der Waals surface area contributed by atoms with Crippen molar-refractivity contribution in [1.82, 2.24) is 9.78 Å². The van der Waals surface area contributed by atoms with E-state index in [0.717, 1.165) is 16.8 Å². The second-order valence-electron chi connectivity index (χ2n) is 7.37. The predicted octanol–water partition coefficient (Wildman–Crippen LogP) is 4.07. The fourth-order valence-corrected chi connectivity index (χ4v) is 3.02. The van der Waals surface area contributed by atoms with Gasteiger partial charge in [-0.05, 0) is 56.9 Å². The van der Waals surface area contributed by atoms with Gasteiger partial charge >= 0.3 is 5.97 Å². The lowest BCUT2D eigenvalue weighted by Crippen LogP contribution is -2.32. The molecule has 1 atom stereocenters. The molecule has 0 aliphatic rings. The molecule has 1 amide bonds. The number of carbonyl (C=O) groups excluding carboxylic acids is 2. The number of carbonyl (C=O) groups is 2. The van der Waals surface area contributed by atoms with E-state index in [0.29, 0.717) is 22.2 Å². The molecule has 0 radical (unpaired) electrons. The largest absolute Gasteiger partial charge is 0.482 e. The van der Waals surface area contributed by atoms with Crippen LogP contribution >= 0.6 is 11.6 Å². The van der Waals surface area contributed by atoms with Crippen LogP contribution in [0.15, 0.2) is 12.1 Å². The maximum atomic E-state index is 12.4. The summed E-state index contributed by atoms with van der Waals surface area (Å²) in [6.45, 7) is 10.8. The molecule has 2 rings (SSSR count). The van der Waals surface area contributed by atoms with Crippen LogP contribution in [0.1, 0.15) is 49.2 Å². The van der Waals surface area contributed by atoms with E-state index in [9.17, 15) is 9.59 Å². The molecule has 158 valence electrons. The van der Waals surface area contributed by atoms with E-state index in [2.05, 4.69) is 10.4 Å². The molecule has 0 saturated carbocycles. The fourth-order valence-electron chi connectivity index (χ4n) is 2.85. The smallest absolute Gasteiger partial charge is 0.344 e. The van der Waals surface area contributed by atoms with Crippen molar-refractivity contribution in [3.05, 3.63) is 39.7 Å². The number of aryl methyl sites for hydroxylation is 3. The first kappa shape index (κ1) is 22.7. The number of hydrogen-bond acceptors (Lipinski definition) is 5. The Labute approximate surface area is 176 Å². The highest BCUT2D eigenvalue weighted by Crippen LogP contribution is 2.32. The van der Waals surface area contributed by atoms with E-state index in [-0.39, 0.29) is 12.5 Å². The van der Waals surface area contributed by atoms with E-state index >= 15 is 0 Å². The number of halogens is 1. The van der Waals surface area contributed by atoms with Gasteiger partial charge in [0.2, 0.25) is 0 Å². The highest BCUT2D eigenvalue weighted by molar-refractivity contribution is 6.31. The van der Waals surface area contributed by atoms with Crippen LogP contribution in [0.3, 0.4) is 0 Å². The van der Waals surface area contributed by atoms with Gasteiger partial charge in [-0.1, -0.05) is 25.4 Å². The molecule has 0 saturated heterocycles. The third-order valence-electron chi connectivity index (χ3n) is 4.69. The Morgan fingerprint density at radius 2 is 1.86 bits per heavy atom. The van der Waals surface area contributed by atoms with Gasteiger partial charge in [-0.25, -0.2) is 4.79 Å². The van der Waals surface area contributed by atoms with Crippen LogP contribution in [0.2, 0.25) is 5.02 Å². The summed E-state index contributed by atoms with van der Waals surface area (Å²) in [5, 5.41) is 7.66. The number of anilines is 1. The van der Waals surface area contributed by atoms with Gasteiger partial charge < -0.3 is 14.8 Å². The molecule has 0 aliphatic heterocycles. The van der Waals surface area contributed by atoms with Gasteiger partial charge in [-0.15, -0.1) is 0 Å². The molecule has 29 heavy (non-hydrogen) atoms. The third kappa shape index (κ3) is 5.50. The van der Waals surface area contributed by atoms with Crippen molar-refractivity contribution in [2.24, 2.45) is 7.05 Å². The first-order valence-corrected chi connectivity index (χ1v) is 9.82. The topological polar surface area (TPSA) is 82.4 Å². The SMILES string of the molecule is Cc1cc(OCC(=O)O[C@H](C)C(=O)Nc2c(C)nn(C)c2C)c(C(C)C)cc1Cl. The number of aromatic nitrogens is 2. The molecular weight excluding hydrogens is 394 g/mol. The summed E-state index contributed by atoms with van der Waals surface area (Å²) in [4.78, 5) is 24.6. The van der Waals surface area contributed by atoms with E-state index in [1.165, 1.54) is 6.92 Å². The summed E-state index contributed by atoms with van der Waals surface area (Å²) in [5.74, 6) is -0.301. The summed E-state index contributed by atoms with van der Waals surface area (Å²) in [7, 11) is 1.79. The van der Waals surface area contributed by atoms with E-state index in [1.54, 1.807) is 24.7 Å². The number of amides is 1. The summed E-state index contributed by atoms with van der Waals surface area (Å²) >= 11 is 6.19.